The van der Waals surface area contributed by atoms with Gasteiger partial charge in [-0.25, -0.2) is 19.2 Å². The fraction of sp³-hybridized carbons (Fsp3) is 0. The molecular weight excluding hydrogens is 404 g/mol. The Morgan fingerprint density at radius 1 is 0.625 bits per heavy atom. The van der Waals surface area contributed by atoms with Gasteiger partial charge in [-0.3, -0.25) is 0 Å². The lowest BCUT2D eigenvalue weighted by Crippen LogP contribution is -1.97. The third-order valence-corrected chi connectivity index (χ3v) is 4.72. The molecule has 6 nitrogen and oxygen atoms in total. The van der Waals surface area contributed by atoms with E-state index in [0.29, 0.717) is 15.6 Å². The Kier molecular flexibility index (Phi) is 3.13. The largest absolute Gasteiger partial charge is 0.386 e. The third-order valence-electron chi connectivity index (χ3n) is 3.76. The van der Waals surface area contributed by atoms with Crippen LogP contribution in [-0.4, -0.2) is 23.9 Å². The summed E-state index contributed by atoms with van der Waals surface area (Å²) in [6.45, 7) is 0. The number of esters is 4. The minimum Gasteiger partial charge on any atom is -0.386 e. The van der Waals surface area contributed by atoms with Crippen LogP contribution in [0.25, 0.3) is 11.1 Å². The lowest BCUT2D eigenvalue weighted by molar-refractivity contribution is 0.0425. The van der Waals surface area contributed by atoms with Gasteiger partial charge in [-0.1, -0.05) is 27.5 Å². The quantitative estimate of drug-likeness (QED) is 0.532. The summed E-state index contributed by atoms with van der Waals surface area (Å²) in [5, 5.41) is 0.193. The first-order valence-electron chi connectivity index (χ1n) is 6.57. The predicted molar refractivity (Wildman–Crippen MR) is 84.1 cm³/mol. The molecule has 0 N–H and O–H groups in total. The van der Waals surface area contributed by atoms with Crippen LogP contribution in [0.4, 0.5) is 0 Å². The van der Waals surface area contributed by atoms with Crippen LogP contribution in [0.2, 0.25) is 5.02 Å². The van der Waals surface area contributed by atoms with Gasteiger partial charge >= 0.3 is 23.9 Å². The second-order valence-electron chi connectivity index (χ2n) is 5.11. The monoisotopic (exact) mass is 406 g/mol. The van der Waals surface area contributed by atoms with Crippen molar-refractivity contribution in [1.82, 2.24) is 0 Å². The topological polar surface area (TPSA) is 86.7 Å². The summed E-state index contributed by atoms with van der Waals surface area (Å²) in [6.07, 6.45) is 0. The van der Waals surface area contributed by atoms with Gasteiger partial charge in [0.1, 0.15) is 0 Å². The highest BCUT2D eigenvalue weighted by Gasteiger charge is 2.33. The van der Waals surface area contributed by atoms with Crippen LogP contribution in [0.1, 0.15) is 41.4 Å². The van der Waals surface area contributed by atoms with Gasteiger partial charge in [0.25, 0.3) is 0 Å². The zero-order valence-electron chi connectivity index (χ0n) is 11.5. The summed E-state index contributed by atoms with van der Waals surface area (Å²) < 4.78 is 9.59. The van der Waals surface area contributed by atoms with E-state index in [2.05, 4.69) is 25.4 Å². The van der Waals surface area contributed by atoms with E-state index >= 15 is 0 Å². The van der Waals surface area contributed by atoms with Gasteiger partial charge in [-0.05, 0) is 29.8 Å². The van der Waals surface area contributed by atoms with E-state index in [1.165, 1.54) is 24.3 Å². The Morgan fingerprint density at radius 2 is 1.04 bits per heavy atom. The normalized spacial score (nSPS) is 15.2. The maximum absolute atomic E-state index is 11.7. The molecular formula is C16H4BrClO6. The number of carbonyl (C=O) groups is 4. The van der Waals surface area contributed by atoms with Gasteiger partial charge in [0.05, 0.1) is 22.3 Å². The van der Waals surface area contributed by atoms with Gasteiger partial charge in [0, 0.05) is 15.1 Å². The minimum atomic E-state index is -0.764. The van der Waals surface area contributed by atoms with Crippen LogP contribution >= 0.6 is 27.5 Å². The van der Waals surface area contributed by atoms with Gasteiger partial charge in [0.15, 0.2) is 0 Å². The summed E-state index contributed by atoms with van der Waals surface area (Å²) in [6, 6.07) is 5.65. The van der Waals surface area contributed by atoms with Crippen molar-refractivity contribution < 1.29 is 28.7 Å². The van der Waals surface area contributed by atoms with Gasteiger partial charge in [-0.15, -0.1) is 0 Å². The van der Waals surface area contributed by atoms with Crippen LogP contribution in [-0.2, 0) is 9.47 Å². The van der Waals surface area contributed by atoms with E-state index in [4.69, 9.17) is 11.6 Å². The Balaban J connectivity index is 1.95. The molecule has 0 amide bonds. The maximum Gasteiger partial charge on any atom is 0.346 e. The third kappa shape index (κ3) is 2.02. The summed E-state index contributed by atoms with van der Waals surface area (Å²) in [4.78, 5) is 46.6. The minimum absolute atomic E-state index is 0.0839. The first kappa shape index (κ1) is 15.0. The Labute approximate surface area is 147 Å². The lowest BCUT2D eigenvalue weighted by Gasteiger charge is -2.09. The van der Waals surface area contributed by atoms with Crippen LogP contribution in [0, 0.1) is 0 Å². The highest BCUT2D eigenvalue weighted by atomic mass is 79.9. The number of hydrogen-bond donors (Lipinski definition) is 0. The van der Waals surface area contributed by atoms with Gasteiger partial charge < -0.3 is 9.47 Å². The van der Waals surface area contributed by atoms with Crippen molar-refractivity contribution >= 4 is 51.4 Å². The van der Waals surface area contributed by atoms with Crippen molar-refractivity contribution in [3.05, 3.63) is 56.0 Å². The molecule has 0 aliphatic carbocycles. The van der Waals surface area contributed by atoms with E-state index in [9.17, 15) is 19.2 Å². The molecule has 24 heavy (non-hydrogen) atoms. The predicted octanol–water partition coefficient (Wildman–Crippen LogP) is 3.39. The van der Waals surface area contributed by atoms with E-state index in [1.807, 2.05) is 0 Å². The second kappa shape index (κ2) is 4.99. The summed E-state index contributed by atoms with van der Waals surface area (Å²) >= 11 is 9.54. The van der Waals surface area contributed by atoms with Crippen LogP contribution in [0.15, 0.2) is 28.7 Å². The van der Waals surface area contributed by atoms with Crippen LogP contribution < -0.4 is 0 Å². The molecule has 2 aromatic carbocycles. The lowest BCUT2D eigenvalue weighted by atomic mass is 9.97. The van der Waals surface area contributed by atoms with Crippen molar-refractivity contribution in [2.45, 2.75) is 0 Å². The molecule has 2 heterocycles. The number of ether oxygens (including phenoxy) is 2. The Bertz CT molecular complexity index is 929. The standard InChI is InChI=1S/C16H4BrClO6/c17-11-3-9-7(13(19)23-15(9)21)1-5(11)6-2-8-10(4-12(6)18)16(22)24-14(8)20/h1-4H. The first-order valence-corrected chi connectivity index (χ1v) is 7.74. The van der Waals surface area contributed by atoms with Crippen LogP contribution in [0.5, 0.6) is 0 Å². The molecule has 0 aromatic heterocycles. The molecule has 0 bridgehead atoms. The number of carbonyl (C=O) groups excluding carboxylic acids is 4. The molecule has 0 fully saturated rings. The molecule has 0 saturated carbocycles. The molecule has 0 radical (unpaired) electrons. The number of hydrogen-bond acceptors (Lipinski definition) is 6. The Morgan fingerprint density at radius 3 is 1.58 bits per heavy atom. The number of halogens is 2. The SMILES string of the molecule is O=C1OC(=O)c2cc(-c3cc4c(cc3Br)C(=O)OC4=O)c(Cl)cc21. The fourth-order valence-electron chi connectivity index (χ4n) is 2.62. The summed E-state index contributed by atoms with van der Waals surface area (Å²) in [5.74, 6) is -3.00. The molecule has 0 spiro atoms. The number of rotatable bonds is 1. The molecule has 0 unspecified atom stereocenters. The smallest absolute Gasteiger partial charge is 0.346 e. The second-order valence-corrected chi connectivity index (χ2v) is 6.37. The number of fused-ring (bicyclic) bond motifs is 2. The highest BCUT2D eigenvalue weighted by Crippen LogP contribution is 2.39. The molecule has 2 aliphatic rings. The van der Waals surface area contributed by atoms with E-state index in [0.717, 1.165) is 0 Å². The highest BCUT2D eigenvalue weighted by molar-refractivity contribution is 9.10. The zero-order valence-corrected chi connectivity index (χ0v) is 13.9. The van der Waals surface area contributed by atoms with Crippen molar-refractivity contribution in [3.63, 3.8) is 0 Å². The summed E-state index contributed by atoms with van der Waals surface area (Å²) in [5.41, 5.74) is 1.30. The van der Waals surface area contributed by atoms with Crippen molar-refractivity contribution in [3.8, 4) is 11.1 Å². The molecule has 2 aliphatic heterocycles. The van der Waals surface area contributed by atoms with Crippen molar-refractivity contribution in [1.29, 1.82) is 0 Å². The zero-order chi connectivity index (χ0) is 17.2. The molecule has 0 atom stereocenters. The number of benzene rings is 2. The van der Waals surface area contributed by atoms with Crippen molar-refractivity contribution in [2.75, 3.05) is 0 Å². The molecule has 0 saturated heterocycles. The molecule has 4 rings (SSSR count). The summed E-state index contributed by atoms with van der Waals surface area (Å²) in [7, 11) is 0. The molecule has 8 heteroatoms. The van der Waals surface area contributed by atoms with E-state index in [-0.39, 0.29) is 27.3 Å². The number of cyclic esters (lactones) is 4. The van der Waals surface area contributed by atoms with Crippen molar-refractivity contribution in [2.24, 2.45) is 0 Å². The fourth-order valence-corrected chi connectivity index (χ4v) is 3.45. The van der Waals surface area contributed by atoms with Gasteiger partial charge in [0.2, 0.25) is 0 Å². The molecule has 2 aromatic rings. The van der Waals surface area contributed by atoms with Crippen LogP contribution in [0.3, 0.4) is 0 Å². The molecule has 118 valence electrons. The average Bonchev–Trinajstić information content (AvgIpc) is 2.95. The first-order chi connectivity index (χ1) is 11.4. The average molecular weight is 408 g/mol. The maximum atomic E-state index is 11.7. The Hall–Kier alpha value is -2.51. The van der Waals surface area contributed by atoms with E-state index in [1.54, 1.807) is 0 Å². The van der Waals surface area contributed by atoms with E-state index < -0.39 is 23.9 Å². The van der Waals surface area contributed by atoms with Gasteiger partial charge in [-0.2, -0.15) is 0 Å².